The first-order chi connectivity index (χ1) is 8.00. The summed E-state index contributed by atoms with van der Waals surface area (Å²) in [5.41, 5.74) is 0. The first-order valence-electron chi connectivity index (χ1n) is 6.22. The summed E-state index contributed by atoms with van der Waals surface area (Å²) in [4.78, 5) is 24.4. The van der Waals surface area contributed by atoms with Crippen LogP contribution in [0.1, 0.15) is 26.7 Å². The fourth-order valence-corrected chi connectivity index (χ4v) is 2.16. The molecule has 0 radical (unpaired) electrons. The molecule has 0 saturated carbocycles. The quantitative estimate of drug-likeness (QED) is 0.739. The molecule has 5 nitrogen and oxygen atoms in total. The lowest BCUT2D eigenvalue weighted by Gasteiger charge is -2.29. The maximum absolute atomic E-state index is 12.2. The number of rotatable bonds is 5. The summed E-state index contributed by atoms with van der Waals surface area (Å²) >= 11 is 0. The van der Waals surface area contributed by atoms with Crippen LogP contribution in [-0.2, 0) is 9.59 Å². The van der Waals surface area contributed by atoms with E-state index in [0.29, 0.717) is 13.1 Å². The second kappa shape index (κ2) is 6.59. The van der Waals surface area contributed by atoms with Crippen LogP contribution < -0.4 is 5.32 Å². The van der Waals surface area contributed by atoms with E-state index in [1.807, 2.05) is 13.8 Å². The Morgan fingerprint density at radius 3 is 2.65 bits per heavy atom. The van der Waals surface area contributed by atoms with Crippen LogP contribution in [0.5, 0.6) is 0 Å². The zero-order valence-electron chi connectivity index (χ0n) is 10.6. The maximum Gasteiger partial charge on any atom is 0.323 e. The molecule has 1 fully saturated rings. The molecule has 1 unspecified atom stereocenters. The average molecular weight is 242 g/mol. The summed E-state index contributed by atoms with van der Waals surface area (Å²) in [6.07, 6.45) is 1.85. The van der Waals surface area contributed by atoms with Gasteiger partial charge in [-0.2, -0.15) is 0 Å². The highest BCUT2D eigenvalue weighted by atomic mass is 16.4. The summed E-state index contributed by atoms with van der Waals surface area (Å²) in [7, 11) is 0. The lowest BCUT2D eigenvalue weighted by Crippen LogP contribution is -2.46. The third-order valence-electron chi connectivity index (χ3n) is 2.87. The van der Waals surface area contributed by atoms with Crippen LogP contribution in [0.4, 0.5) is 0 Å². The van der Waals surface area contributed by atoms with E-state index in [0.717, 1.165) is 19.4 Å². The van der Waals surface area contributed by atoms with Crippen LogP contribution in [0.3, 0.4) is 0 Å². The SMILES string of the molecule is CC(C)CN(CC(=O)O)C(=O)C1CCCNC1. The van der Waals surface area contributed by atoms with Crippen LogP contribution in [0.25, 0.3) is 0 Å². The van der Waals surface area contributed by atoms with Crippen molar-refractivity contribution in [3.8, 4) is 0 Å². The molecule has 1 aliphatic heterocycles. The number of nitrogens with one attached hydrogen (secondary N) is 1. The molecule has 0 aromatic carbocycles. The fourth-order valence-electron chi connectivity index (χ4n) is 2.16. The van der Waals surface area contributed by atoms with Gasteiger partial charge in [0.15, 0.2) is 0 Å². The molecule has 0 spiro atoms. The predicted octanol–water partition coefficient (Wildman–Crippen LogP) is 0.555. The number of aliphatic carboxylic acids is 1. The smallest absolute Gasteiger partial charge is 0.323 e. The van der Waals surface area contributed by atoms with Gasteiger partial charge in [-0.25, -0.2) is 0 Å². The number of hydrogen-bond donors (Lipinski definition) is 2. The van der Waals surface area contributed by atoms with E-state index < -0.39 is 5.97 Å². The first-order valence-corrected chi connectivity index (χ1v) is 6.22. The molecule has 1 aliphatic rings. The van der Waals surface area contributed by atoms with E-state index >= 15 is 0 Å². The van der Waals surface area contributed by atoms with Crippen molar-refractivity contribution in [3.63, 3.8) is 0 Å². The van der Waals surface area contributed by atoms with Gasteiger partial charge in [0.1, 0.15) is 6.54 Å². The van der Waals surface area contributed by atoms with Crippen LogP contribution in [0.15, 0.2) is 0 Å². The molecular formula is C12H22N2O3. The Morgan fingerprint density at radius 1 is 1.47 bits per heavy atom. The Hall–Kier alpha value is -1.10. The molecule has 1 heterocycles. The highest BCUT2D eigenvalue weighted by Gasteiger charge is 2.27. The zero-order chi connectivity index (χ0) is 12.8. The zero-order valence-corrected chi connectivity index (χ0v) is 10.6. The molecule has 1 atom stereocenters. The van der Waals surface area contributed by atoms with Gasteiger partial charge in [0.2, 0.25) is 5.91 Å². The Balaban J connectivity index is 2.60. The molecule has 98 valence electrons. The normalized spacial score (nSPS) is 20.3. The molecule has 5 heteroatoms. The minimum atomic E-state index is -0.942. The summed E-state index contributed by atoms with van der Waals surface area (Å²) in [6.45, 7) is 5.93. The van der Waals surface area contributed by atoms with Gasteiger partial charge in [-0.15, -0.1) is 0 Å². The summed E-state index contributed by atoms with van der Waals surface area (Å²) in [5, 5.41) is 12.0. The Bertz CT molecular complexity index is 273. The van der Waals surface area contributed by atoms with E-state index in [2.05, 4.69) is 5.32 Å². The van der Waals surface area contributed by atoms with Crippen molar-refractivity contribution in [1.29, 1.82) is 0 Å². The van der Waals surface area contributed by atoms with Crippen molar-refractivity contribution in [3.05, 3.63) is 0 Å². The van der Waals surface area contributed by atoms with Crippen molar-refractivity contribution in [1.82, 2.24) is 10.2 Å². The second-order valence-corrected chi connectivity index (χ2v) is 5.05. The van der Waals surface area contributed by atoms with E-state index in [-0.39, 0.29) is 24.3 Å². The van der Waals surface area contributed by atoms with Crippen molar-refractivity contribution in [2.75, 3.05) is 26.2 Å². The van der Waals surface area contributed by atoms with Gasteiger partial charge in [-0.3, -0.25) is 9.59 Å². The highest BCUT2D eigenvalue weighted by Crippen LogP contribution is 2.14. The molecule has 17 heavy (non-hydrogen) atoms. The summed E-state index contributed by atoms with van der Waals surface area (Å²) in [5.74, 6) is -0.729. The van der Waals surface area contributed by atoms with Gasteiger partial charge < -0.3 is 15.3 Å². The van der Waals surface area contributed by atoms with Crippen LogP contribution in [0.2, 0.25) is 0 Å². The molecule has 2 N–H and O–H groups in total. The second-order valence-electron chi connectivity index (χ2n) is 5.05. The number of carboxylic acids is 1. The molecule has 1 saturated heterocycles. The van der Waals surface area contributed by atoms with Crippen molar-refractivity contribution in [2.24, 2.45) is 11.8 Å². The number of hydrogen-bond acceptors (Lipinski definition) is 3. The number of carbonyl (C=O) groups is 2. The van der Waals surface area contributed by atoms with Gasteiger partial charge in [0, 0.05) is 13.1 Å². The van der Waals surface area contributed by atoms with Crippen LogP contribution in [-0.4, -0.2) is 48.1 Å². The van der Waals surface area contributed by atoms with Gasteiger partial charge in [-0.1, -0.05) is 13.8 Å². The summed E-state index contributed by atoms with van der Waals surface area (Å²) in [6, 6.07) is 0. The topological polar surface area (TPSA) is 69.6 Å². The predicted molar refractivity (Wildman–Crippen MR) is 64.6 cm³/mol. The molecule has 0 aliphatic carbocycles. The largest absolute Gasteiger partial charge is 0.480 e. The monoisotopic (exact) mass is 242 g/mol. The van der Waals surface area contributed by atoms with E-state index in [9.17, 15) is 9.59 Å². The molecule has 0 aromatic heterocycles. The van der Waals surface area contributed by atoms with Gasteiger partial charge in [0.25, 0.3) is 0 Å². The Morgan fingerprint density at radius 2 is 2.18 bits per heavy atom. The van der Waals surface area contributed by atoms with Crippen molar-refractivity contribution >= 4 is 11.9 Å². The summed E-state index contributed by atoms with van der Waals surface area (Å²) < 4.78 is 0. The minimum Gasteiger partial charge on any atom is -0.480 e. The standard InChI is InChI=1S/C12H22N2O3/c1-9(2)7-14(8-11(15)16)12(17)10-4-3-5-13-6-10/h9-10,13H,3-8H2,1-2H3,(H,15,16). The lowest BCUT2D eigenvalue weighted by atomic mass is 9.97. The number of carboxylic acid groups (broad SMARTS) is 1. The molecular weight excluding hydrogens is 220 g/mol. The third kappa shape index (κ3) is 4.73. The lowest BCUT2D eigenvalue weighted by molar-refractivity contribution is -0.147. The maximum atomic E-state index is 12.2. The van der Waals surface area contributed by atoms with Gasteiger partial charge in [-0.05, 0) is 25.3 Å². The minimum absolute atomic E-state index is 0.0201. The Kier molecular flexibility index (Phi) is 5.41. The Labute approximate surface area is 102 Å². The van der Waals surface area contributed by atoms with Gasteiger partial charge >= 0.3 is 5.97 Å². The number of nitrogens with zero attached hydrogens (tertiary/aromatic N) is 1. The molecule has 1 amide bonds. The molecule has 0 aromatic rings. The first kappa shape index (κ1) is 14.0. The highest BCUT2D eigenvalue weighted by molar-refractivity contribution is 5.83. The van der Waals surface area contributed by atoms with Gasteiger partial charge in [0.05, 0.1) is 5.92 Å². The average Bonchev–Trinajstić information content (AvgIpc) is 2.27. The molecule has 0 bridgehead atoms. The van der Waals surface area contributed by atoms with E-state index in [1.165, 1.54) is 4.90 Å². The number of piperidine rings is 1. The van der Waals surface area contributed by atoms with Crippen molar-refractivity contribution in [2.45, 2.75) is 26.7 Å². The number of carbonyl (C=O) groups excluding carboxylic acids is 1. The van der Waals surface area contributed by atoms with E-state index in [4.69, 9.17) is 5.11 Å². The molecule has 1 rings (SSSR count). The van der Waals surface area contributed by atoms with Crippen LogP contribution >= 0.6 is 0 Å². The fraction of sp³-hybridized carbons (Fsp3) is 0.833. The van der Waals surface area contributed by atoms with E-state index in [1.54, 1.807) is 0 Å². The van der Waals surface area contributed by atoms with Crippen LogP contribution in [0, 0.1) is 11.8 Å². The van der Waals surface area contributed by atoms with Crippen molar-refractivity contribution < 1.29 is 14.7 Å². The third-order valence-corrected chi connectivity index (χ3v) is 2.87. The number of amides is 1.